The second kappa shape index (κ2) is 7.74. The summed E-state index contributed by atoms with van der Waals surface area (Å²) < 4.78 is 21.0. The van der Waals surface area contributed by atoms with E-state index in [0.29, 0.717) is 34.3 Å². The maximum absolute atomic E-state index is 12.3. The summed E-state index contributed by atoms with van der Waals surface area (Å²) in [6, 6.07) is 6.51. The summed E-state index contributed by atoms with van der Waals surface area (Å²) >= 11 is 0. The van der Waals surface area contributed by atoms with Crippen LogP contribution in [0.15, 0.2) is 28.7 Å². The van der Waals surface area contributed by atoms with Crippen molar-refractivity contribution >= 4 is 5.91 Å². The van der Waals surface area contributed by atoms with E-state index in [2.05, 4.69) is 5.32 Å². The molecule has 7 nitrogen and oxygen atoms in total. The maximum atomic E-state index is 12.3. The summed E-state index contributed by atoms with van der Waals surface area (Å²) in [7, 11) is 4.44. The number of carbonyl (C=O) groups is 1. The van der Waals surface area contributed by atoms with Crippen molar-refractivity contribution in [2.24, 2.45) is 0 Å². The van der Waals surface area contributed by atoms with Gasteiger partial charge in [-0.1, -0.05) is 0 Å². The number of aliphatic hydroxyl groups is 1. The van der Waals surface area contributed by atoms with Gasteiger partial charge in [-0.15, -0.1) is 0 Å². The molecule has 1 unspecified atom stereocenters. The molecular formula is C17H21NO6. The average molecular weight is 335 g/mol. The maximum Gasteiger partial charge on any atom is 0.251 e. The zero-order valence-electron chi connectivity index (χ0n) is 14.1. The number of benzene rings is 1. The Morgan fingerprint density at radius 3 is 2.25 bits per heavy atom. The standard InChI is InChI=1S/C17H21NO6/c1-10-5-6-13(24-10)12(19)9-18-17(20)11-7-14(21-2)16(23-4)15(8-11)22-3/h5-8,12,19H,9H2,1-4H3,(H,18,20). The van der Waals surface area contributed by atoms with Crippen molar-refractivity contribution in [1.82, 2.24) is 5.32 Å². The third kappa shape index (κ3) is 3.80. The van der Waals surface area contributed by atoms with Gasteiger partial charge in [0.1, 0.15) is 17.6 Å². The quantitative estimate of drug-likeness (QED) is 0.805. The van der Waals surface area contributed by atoms with Gasteiger partial charge in [0.2, 0.25) is 5.75 Å². The molecule has 0 radical (unpaired) electrons. The fourth-order valence-corrected chi connectivity index (χ4v) is 2.24. The van der Waals surface area contributed by atoms with E-state index in [1.165, 1.54) is 21.3 Å². The van der Waals surface area contributed by atoms with E-state index < -0.39 is 6.10 Å². The van der Waals surface area contributed by atoms with Crippen molar-refractivity contribution in [2.75, 3.05) is 27.9 Å². The fraction of sp³-hybridized carbons (Fsp3) is 0.353. The molecule has 0 saturated carbocycles. The Morgan fingerprint density at radius 2 is 1.79 bits per heavy atom. The summed E-state index contributed by atoms with van der Waals surface area (Å²) in [5, 5.41) is 12.7. The number of furan rings is 1. The van der Waals surface area contributed by atoms with Crippen molar-refractivity contribution in [3.63, 3.8) is 0 Å². The molecule has 0 aliphatic heterocycles. The van der Waals surface area contributed by atoms with Gasteiger partial charge < -0.3 is 29.1 Å². The highest BCUT2D eigenvalue weighted by Crippen LogP contribution is 2.38. The van der Waals surface area contributed by atoms with Crippen LogP contribution in [-0.2, 0) is 0 Å². The number of hydrogen-bond donors (Lipinski definition) is 2. The van der Waals surface area contributed by atoms with Crippen LogP contribution in [-0.4, -0.2) is 38.9 Å². The second-order valence-corrected chi connectivity index (χ2v) is 5.09. The number of nitrogens with one attached hydrogen (secondary N) is 1. The molecule has 0 spiro atoms. The van der Waals surface area contributed by atoms with Gasteiger partial charge >= 0.3 is 0 Å². The van der Waals surface area contributed by atoms with Crippen LogP contribution in [0.1, 0.15) is 28.0 Å². The van der Waals surface area contributed by atoms with Gasteiger partial charge in [0.05, 0.1) is 27.9 Å². The Labute approximate surface area is 140 Å². The van der Waals surface area contributed by atoms with E-state index in [1.807, 2.05) is 0 Å². The number of rotatable bonds is 7. The largest absolute Gasteiger partial charge is 0.493 e. The van der Waals surface area contributed by atoms with Gasteiger partial charge in [-0.25, -0.2) is 0 Å². The van der Waals surface area contributed by atoms with E-state index in [0.717, 1.165) is 0 Å². The lowest BCUT2D eigenvalue weighted by Gasteiger charge is -2.14. The first kappa shape index (κ1) is 17.7. The number of ether oxygens (including phenoxy) is 3. The Kier molecular flexibility index (Phi) is 5.70. The first-order valence-corrected chi connectivity index (χ1v) is 7.32. The Hall–Kier alpha value is -2.67. The number of amides is 1. The van der Waals surface area contributed by atoms with Crippen molar-refractivity contribution in [1.29, 1.82) is 0 Å². The van der Waals surface area contributed by atoms with Crippen LogP contribution < -0.4 is 19.5 Å². The predicted octanol–water partition coefficient (Wildman–Crippen LogP) is 2.08. The van der Waals surface area contributed by atoms with Crippen LogP contribution >= 0.6 is 0 Å². The predicted molar refractivity (Wildman–Crippen MR) is 86.8 cm³/mol. The van der Waals surface area contributed by atoms with Gasteiger partial charge in [0.15, 0.2) is 11.5 Å². The minimum Gasteiger partial charge on any atom is -0.493 e. The zero-order chi connectivity index (χ0) is 17.7. The smallest absolute Gasteiger partial charge is 0.251 e. The molecule has 1 aromatic carbocycles. The lowest BCUT2D eigenvalue weighted by molar-refractivity contribution is 0.0899. The Bertz CT molecular complexity index is 684. The normalized spacial score (nSPS) is 11.7. The molecule has 2 rings (SSSR count). The monoisotopic (exact) mass is 335 g/mol. The van der Waals surface area contributed by atoms with E-state index in [4.69, 9.17) is 18.6 Å². The molecule has 7 heteroatoms. The lowest BCUT2D eigenvalue weighted by Crippen LogP contribution is -2.28. The molecule has 2 aromatic rings. The molecular weight excluding hydrogens is 314 g/mol. The van der Waals surface area contributed by atoms with Gasteiger partial charge in [0, 0.05) is 5.56 Å². The lowest BCUT2D eigenvalue weighted by atomic mass is 10.1. The molecule has 1 heterocycles. The van der Waals surface area contributed by atoms with E-state index >= 15 is 0 Å². The fourth-order valence-electron chi connectivity index (χ4n) is 2.24. The van der Waals surface area contributed by atoms with E-state index in [1.54, 1.807) is 31.2 Å². The summed E-state index contributed by atoms with van der Waals surface area (Å²) in [4.78, 5) is 12.3. The van der Waals surface area contributed by atoms with E-state index in [-0.39, 0.29) is 12.5 Å². The molecule has 1 amide bonds. The van der Waals surface area contributed by atoms with Crippen molar-refractivity contribution in [3.05, 3.63) is 41.3 Å². The average Bonchev–Trinajstić information content (AvgIpc) is 3.04. The Morgan fingerprint density at radius 1 is 1.17 bits per heavy atom. The minimum absolute atomic E-state index is 0.0163. The molecule has 0 aliphatic rings. The van der Waals surface area contributed by atoms with Gasteiger partial charge in [-0.2, -0.15) is 0 Å². The molecule has 1 atom stereocenters. The van der Waals surface area contributed by atoms with Crippen molar-refractivity contribution in [2.45, 2.75) is 13.0 Å². The molecule has 0 bridgehead atoms. The number of methoxy groups -OCH3 is 3. The van der Waals surface area contributed by atoms with Crippen LogP contribution in [0.2, 0.25) is 0 Å². The molecule has 0 aliphatic carbocycles. The number of aryl methyl sites for hydroxylation is 1. The number of hydrogen-bond acceptors (Lipinski definition) is 6. The second-order valence-electron chi connectivity index (χ2n) is 5.09. The van der Waals surface area contributed by atoms with Crippen molar-refractivity contribution in [3.8, 4) is 17.2 Å². The van der Waals surface area contributed by atoms with Crippen LogP contribution in [0.4, 0.5) is 0 Å². The van der Waals surface area contributed by atoms with Gasteiger partial charge in [-0.05, 0) is 31.2 Å². The van der Waals surface area contributed by atoms with E-state index in [9.17, 15) is 9.90 Å². The molecule has 1 aromatic heterocycles. The third-order valence-electron chi connectivity index (χ3n) is 3.47. The number of aliphatic hydroxyl groups excluding tert-OH is 1. The highest BCUT2D eigenvalue weighted by molar-refractivity contribution is 5.95. The third-order valence-corrected chi connectivity index (χ3v) is 3.47. The molecule has 0 fully saturated rings. The van der Waals surface area contributed by atoms with Crippen LogP contribution in [0.5, 0.6) is 17.2 Å². The Balaban J connectivity index is 2.11. The summed E-state index contributed by atoms with van der Waals surface area (Å²) in [6.45, 7) is 1.80. The summed E-state index contributed by atoms with van der Waals surface area (Å²) in [6.07, 6.45) is -0.926. The first-order valence-electron chi connectivity index (χ1n) is 7.32. The summed E-state index contributed by atoms with van der Waals surface area (Å²) in [5.41, 5.74) is 0.326. The van der Waals surface area contributed by atoms with Crippen molar-refractivity contribution < 1.29 is 28.5 Å². The first-order chi connectivity index (χ1) is 11.5. The minimum atomic E-state index is -0.926. The van der Waals surface area contributed by atoms with Gasteiger partial charge in [-0.3, -0.25) is 4.79 Å². The van der Waals surface area contributed by atoms with Crippen LogP contribution in [0, 0.1) is 6.92 Å². The zero-order valence-corrected chi connectivity index (χ0v) is 14.1. The molecule has 130 valence electrons. The SMILES string of the molecule is COc1cc(C(=O)NCC(O)c2ccc(C)o2)cc(OC)c1OC. The summed E-state index contributed by atoms with van der Waals surface area (Å²) in [5.74, 6) is 1.88. The molecule has 24 heavy (non-hydrogen) atoms. The highest BCUT2D eigenvalue weighted by Gasteiger charge is 2.18. The van der Waals surface area contributed by atoms with Gasteiger partial charge in [0.25, 0.3) is 5.91 Å². The number of carbonyl (C=O) groups excluding carboxylic acids is 1. The van der Waals surface area contributed by atoms with Crippen LogP contribution in [0.3, 0.4) is 0 Å². The topological polar surface area (TPSA) is 90.2 Å². The molecule has 2 N–H and O–H groups in total. The van der Waals surface area contributed by atoms with Crippen LogP contribution in [0.25, 0.3) is 0 Å². The highest BCUT2D eigenvalue weighted by atomic mass is 16.5. The molecule has 0 saturated heterocycles.